The Hall–Kier alpha value is -1.88. The van der Waals surface area contributed by atoms with E-state index in [9.17, 15) is 9.90 Å². The lowest BCUT2D eigenvalue weighted by Gasteiger charge is -2.08. The number of nitrogens with zero attached hydrogens (tertiary/aromatic N) is 1. The van der Waals surface area contributed by atoms with Crippen molar-refractivity contribution in [2.24, 2.45) is 5.16 Å². The lowest BCUT2D eigenvalue weighted by atomic mass is 10.1. The molecule has 0 aliphatic rings. The van der Waals surface area contributed by atoms with Crippen LogP contribution in [0.5, 0.6) is 0 Å². The topological polar surface area (TPSA) is 70.9 Å². The number of amides is 1. The molecule has 0 aliphatic heterocycles. The zero-order valence-electron chi connectivity index (χ0n) is 11.3. The van der Waals surface area contributed by atoms with Crippen molar-refractivity contribution in [2.75, 3.05) is 13.7 Å². The van der Waals surface area contributed by atoms with E-state index in [2.05, 4.69) is 15.3 Å². The molecule has 1 amide bonds. The summed E-state index contributed by atoms with van der Waals surface area (Å²) in [7, 11) is 1.48. The summed E-state index contributed by atoms with van der Waals surface area (Å²) < 4.78 is 0. The molecule has 0 heterocycles. The van der Waals surface area contributed by atoms with Gasteiger partial charge in [0.15, 0.2) is 0 Å². The van der Waals surface area contributed by atoms with E-state index in [0.29, 0.717) is 24.9 Å². The van der Waals surface area contributed by atoms with Crippen LogP contribution in [0, 0.1) is 0 Å². The van der Waals surface area contributed by atoms with E-state index in [4.69, 9.17) is 0 Å². The van der Waals surface area contributed by atoms with Crippen LogP contribution in [0.25, 0.3) is 0 Å². The predicted molar refractivity (Wildman–Crippen MR) is 74.3 cm³/mol. The summed E-state index contributed by atoms with van der Waals surface area (Å²) in [5.41, 5.74) is 1.44. The maximum absolute atomic E-state index is 11.8. The molecule has 0 radical (unpaired) electrons. The van der Waals surface area contributed by atoms with Crippen LogP contribution < -0.4 is 5.32 Å². The van der Waals surface area contributed by atoms with Crippen molar-refractivity contribution < 1.29 is 14.7 Å². The second-order valence-electron chi connectivity index (χ2n) is 4.15. The van der Waals surface area contributed by atoms with Crippen molar-refractivity contribution in [3.8, 4) is 0 Å². The molecule has 5 nitrogen and oxygen atoms in total. The fraction of sp³-hybridized carbons (Fsp3) is 0.429. The summed E-state index contributed by atoms with van der Waals surface area (Å²) in [6, 6.07) is 7.03. The monoisotopic (exact) mass is 264 g/mol. The Morgan fingerprint density at radius 3 is 2.74 bits per heavy atom. The van der Waals surface area contributed by atoms with Gasteiger partial charge in [-0.3, -0.25) is 4.79 Å². The average molecular weight is 264 g/mol. The number of rotatable bonds is 7. The minimum absolute atomic E-state index is 0.140. The summed E-state index contributed by atoms with van der Waals surface area (Å²) in [5.74, 6) is -0.140. The maximum atomic E-state index is 11.8. The minimum Gasteiger partial charge on any atom is -0.399 e. The Kier molecular flexibility index (Phi) is 6.60. The van der Waals surface area contributed by atoms with Gasteiger partial charge in [0.05, 0.1) is 12.3 Å². The van der Waals surface area contributed by atoms with Crippen LogP contribution in [0.15, 0.2) is 29.4 Å². The zero-order chi connectivity index (χ0) is 14.1. The predicted octanol–water partition coefficient (Wildman–Crippen LogP) is 1.56. The van der Waals surface area contributed by atoms with Gasteiger partial charge in [0.1, 0.15) is 7.11 Å². The first kappa shape index (κ1) is 15.2. The molecule has 5 heteroatoms. The van der Waals surface area contributed by atoms with Crippen molar-refractivity contribution in [3.63, 3.8) is 0 Å². The summed E-state index contributed by atoms with van der Waals surface area (Å²) in [6.07, 6.45) is 2.48. The highest BCUT2D eigenvalue weighted by molar-refractivity contribution is 5.94. The highest BCUT2D eigenvalue weighted by Crippen LogP contribution is 2.03. The van der Waals surface area contributed by atoms with Crippen molar-refractivity contribution in [1.82, 2.24) is 5.32 Å². The first-order valence-electron chi connectivity index (χ1n) is 6.30. The summed E-state index contributed by atoms with van der Waals surface area (Å²) >= 11 is 0. The molecule has 1 aromatic rings. The van der Waals surface area contributed by atoms with E-state index in [0.717, 1.165) is 5.56 Å². The first-order valence-corrected chi connectivity index (χ1v) is 6.30. The van der Waals surface area contributed by atoms with E-state index in [1.54, 1.807) is 30.5 Å². The van der Waals surface area contributed by atoms with Gasteiger partial charge in [-0.2, -0.15) is 0 Å². The van der Waals surface area contributed by atoms with Gasteiger partial charge in [0, 0.05) is 12.1 Å². The SMILES string of the molecule is CCC(O)CCNC(=O)c1ccc(/C=N/OC)cc1. The molecule has 0 aliphatic carbocycles. The number of hydrogen-bond acceptors (Lipinski definition) is 4. The average Bonchev–Trinajstić information content (AvgIpc) is 2.45. The Morgan fingerprint density at radius 2 is 2.16 bits per heavy atom. The number of oxime groups is 1. The Morgan fingerprint density at radius 1 is 1.47 bits per heavy atom. The van der Waals surface area contributed by atoms with Gasteiger partial charge in [0.25, 0.3) is 5.91 Å². The first-order chi connectivity index (χ1) is 9.17. The van der Waals surface area contributed by atoms with Gasteiger partial charge in [-0.15, -0.1) is 0 Å². The number of nitrogens with one attached hydrogen (secondary N) is 1. The third-order valence-electron chi connectivity index (χ3n) is 2.71. The van der Waals surface area contributed by atoms with E-state index in [1.165, 1.54) is 7.11 Å². The number of hydrogen-bond donors (Lipinski definition) is 2. The van der Waals surface area contributed by atoms with Gasteiger partial charge >= 0.3 is 0 Å². The van der Waals surface area contributed by atoms with E-state index in [1.807, 2.05) is 6.92 Å². The molecule has 0 saturated heterocycles. The Balaban J connectivity index is 2.46. The van der Waals surface area contributed by atoms with Crippen LogP contribution in [0.3, 0.4) is 0 Å². The maximum Gasteiger partial charge on any atom is 0.251 e. The molecule has 19 heavy (non-hydrogen) atoms. The molecule has 1 unspecified atom stereocenters. The smallest absolute Gasteiger partial charge is 0.251 e. The molecular weight excluding hydrogens is 244 g/mol. The number of carbonyl (C=O) groups is 1. The lowest BCUT2D eigenvalue weighted by molar-refractivity contribution is 0.0942. The summed E-state index contributed by atoms with van der Waals surface area (Å²) in [5, 5.41) is 15.8. The number of aliphatic hydroxyl groups is 1. The quantitative estimate of drug-likeness (QED) is 0.580. The molecule has 1 rings (SSSR count). The molecular formula is C14H20N2O3. The highest BCUT2D eigenvalue weighted by atomic mass is 16.6. The van der Waals surface area contributed by atoms with Crippen LogP contribution in [0.1, 0.15) is 35.7 Å². The van der Waals surface area contributed by atoms with Crippen molar-refractivity contribution in [3.05, 3.63) is 35.4 Å². The molecule has 0 aromatic heterocycles. The molecule has 0 saturated carbocycles. The van der Waals surface area contributed by atoms with Gasteiger partial charge in [-0.05, 0) is 30.5 Å². The van der Waals surface area contributed by atoms with Gasteiger partial charge in [-0.25, -0.2) is 0 Å². The number of aliphatic hydroxyl groups excluding tert-OH is 1. The Bertz CT molecular complexity index is 415. The zero-order valence-corrected chi connectivity index (χ0v) is 11.3. The molecule has 2 N–H and O–H groups in total. The van der Waals surface area contributed by atoms with E-state index < -0.39 is 0 Å². The van der Waals surface area contributed by atoms with Crippen LogP contribution in [-0.4, -0.2) is 37.0 Å². The van der Waals surface area contributed by atoms with Crippen molar-refractivity contribution >= 4 is 12.1 Å². The molecule has 1 atom stereocenters. The lowest BCUT2D eigenvalue weighted by Crippen LogP contribution is -2.26. The molecule has 1 aromatic carbocycles. The van der Waals surface area contributed by atoms with Gasteiger partial charge in [-0.1, -0.05) is 24.2 Å². The molecule has 104 valence electrons. The highest BCUT2D eigenvalue weighted by Gasteiger charge is 2.06. The second-order valence-corrected chi connectivity index (χ2v) is 4.15. The minimum atomic E-state index is -0.354. The van der Waals surface area contributed by atoms with E-state index >= 15 is 0 Å². The Labute approximate surface area is 113 Å². The fourth-order valence-electron chi connectivity index (χ4n) is 1.49. The summed E-state index contributed by atoms with van der Waals surface area (Å²) in [4.78, 5) is 16.4. The number of carbonyl (C=O) groups excluding carboxylic acids is 1. The number of benzene rings is 1. The second kappa shape index (κ2) is 8.26. The third-order valence-corrected chi connectivity index (χ3v) is 2.71. The van der Waals surface area contributed by atoms with Crippen molar-refractivity contribution in [2.45, 2.75) is 25.9 Å². The fourth-order valence-corrected chi connectivity index (χ4v) is 1.49. The largest absolute Gasteiger partial charge is 0.399 e. The summed E-state index contributed by atoms with van der Waals surface area (Å²) in [6.45, 7) is 2.38. The normalized spacial score (nSPS) is 12.4. The van der Waals surface area contributed by atoms with Gasteiger partial charge < -0.3 is 15.3 Å². The molecule has 0 spiro atoms. The van der Waals surface area contributed by atoms with Gasteiger partial charge in [0.2, 0.25) is 0 Å². The van der Waals surface area contributed by atoms with Crippen LogP contribution in [0.2, 0.25) is 0 Å². The van der Waals surface area contributed by atoms with E-state index in [-0.39, 0.29) is 12.0 Å². The third kappa shape index (κ3) is 5.52. The van der Waals surface area contributed by atoms with Crippen LogP contribution in [-0.2, 0) is 4.84 Å². The molecule has 0 fully saturated rings. The van der Waals surface area contributed by atoms with Crippen molar-refractivity contribution in [1.29, 1.82) is 0 Å². The molecule has 0 bridgehead atoms. The van der Waals surface area contributed by atoms with Crippen LogP contribution >= 0.6 is 0 Å². The standard InChI is InChI=1S/C14H20N2O3/c1-3-13(17)8-9-15-14(18)12-6-4-11(5-7-12)10-16-19-2/h4-7,10,13,17H,3,8-9H2,1-2H3,(H,15,18)/b16-10+. The van der Waals surface area contributed by atoms with Crippen LogP contribution in [0.4, 0.5) is 0 Å².